The molecule has 0 aliphatic carbocycles. The third-order valence-electron chi connectivity index (χ3n) is 3.03. The molecule has 0 fully saturated rings. The van der Waals surface area contributed by atoms with E-state index in [1.165, 1.54) is 0 Å². The second-order valence-electron chi connectivity index (χ2n) is 4.64. The Morgan fingerprint density at radius 2 is 2.00 bits per heavy atom. The Hall–Kier alpha value is -2.30. The Bertz CT molecular complexity index is 711. The van der Waals surface area contributed by atoms with Gasteiger partial charge in [-0.15, -0.1) is 0 Å². The summed E-state index contributed by atoms with van der Waals surface area (Å²) in [5.74, 6) is 3.32. The quantitative estimate of drug-likeness (QED) is 0.782. The highest BCUT2D eigenvalue weighted by atomic mass is 16.3. The first-order valence-electron chi connectivity index (χ1n) is 6.30. The number of nitrogens with zero attached hydrogens (tertiary/aromatic N) is 3. The number of furan rings is 1. The van der Waals surface area contributed by atoms with Crippen molar-refractivity contribution in [2.75, 3.05) is 19.0 Å². The zero-order chi connectivity index (χ0) is 13.4. The Balaban J connectivity index is 2.05. The highest BCUT2D eigenvalue weighted by Gasteiger charge is 2.11. The van der Waals surface area contributed by atoms with Crippen LogP contribution >= 0.6 is 0 Å². The minimum Gasteiger partial charge on any atom is -0.458 e. The normalized spacial score (nSPS) is 11.1. The zero-order valence-corrected chi connectivity index (χ0v) is 11.3. The van der Waals surface area contributed by atoms with Crippen molar-refractivity contribution in [2.45, 2.75) is 13.3 Å². The summed E-state index contributed by atoms with van der Waals surface area (Å²) in [4.78, 5) is 14.2. The van der Waals surface area contributed by atoms with Gasteiger partial charge in [0.25, 0.3) is 0 Å². The molecule has 0 saturated heterocycles. The number of anilines is 1. The van der Waals surface area contributed by atoms with Gasteiger partial charge in [-0.3, -0.25) is 0 Å². The fourth-order valence-electron chi connectivity index (χ4n) is 1.94. The molecule has 3 aromatic rings. The molecule has 0 bridgehead atoms. The van der Waals surface area contributed by atoms with E-state index in [1.54, 1.807) is 0 Å². The molecular weight excluding hydrogens is 240 g/mol. The Labute approximate surface area is 111 Å². The van der Waals surface area contributed by atoms with Crippen LogP contribution in [-0.4, -0.2) is 29.0 Å². The fourth-order valence-corrected chi connectivity index (χ4v) is 1.94. The molecule has 0 saturated carbocycles. The molecule has 98 valence electrons. The first-order valence-corrected chi connectivity index (χ1v) is 6.30. The topological polar surface area (TPSA) is 58.0 Å². The largest absolute Gasteiger partial charge is 0.458 e. The van der Waals surface area contributed by atoms with E-state index in [2.05, 4.69) is 21.9 Å². The van der Waals surface area contributed by atoms with Crippen molar-refractivity contribution in [3.8, 4) is 11.6 Å². The lowest BCUT2D eigenvalue weighted by Gasteiger charge is -2.09. The van der Waals surface area contributed by atoms with Gasteiger partial charge in [-0.1, -0.05) is 6.92 Å². The molecule has 1 N–H and O–H groups in total. The van der Waals surface area contributed by atoms with Gasteiger partial charge in [0.05, 0.1) is 5.52 Å². The molecular formula is C14H16N4O. The van der Waals surface area contributed by atoms with Crippen LogP contribution in [0.4, 0.5) is 5.82 Å². The van der Waals surface area contributed by atoms with Crippen LogP contribution in [0.3, 0.4) is 0 Å². The number of nitrogens with one attached hydrogen (secondary N) is 1. The summed E-state index contributed by atoms with van der Waals surface area (Å²) in [5.41, 5.74) is 1.62. The molecule has 3 heterocycles. The van der Waals surface area contributed by atoms with Crippen LogP contribution in [0.1, 0.15) is 12.7 Å². The van der Waals surface area contributed by atoms with Crippen molar-refractivity contribution >= 4 is 17.0 Å². The number of imidazole rings is 1. The maximum atomic E-state index is 5.69. The molecule has 0 amide bonds. The molecule has 5 nitrogen and oxygen atoms in total. The summed E-state index contributed by atoms with van der Waals surface area (Å²) in [6, 6.07) is 7.85. The van der Waals surface area contributed by atoms with E-state index < -0.39 is 0 Å². The highest BCUT2D eigenvalue weighted by molar-refractivity contribution is 5.76. The minimum absolute atomic E-state index is 0.704. The van der Waals surface area contributed by atoms with E-state index in [0.717, 1.165) is 35.1 Å². The molecule has 0 aromatic carbocycles. The number of rotatable bonds is 3. The van der Waals surface area contributed by atoms with E-state index in [9.17, 15) is 0 Å². The van der Waals surface area contributed by atoms with E-state index in [4.69, 9.17) is 4.42 Å². The molecule has 0 spiro atoms. The van der Waals surface area contributed by atoms with E-state index in [0.29, 0.717) is 5.65 Å². The molecule has 5 heteroatoms. The predicted molar refractivity (Wildman–Crippen MR) is 75.3 cm³/mol. The number of hydrogen-bond acceptors (Lipinski definition) is 4. The summed E-state index contributed by atoms with van der Waals surface area (Å²) in [7, 11) is 3.92. The van der Waals surface area contributed by atoms with Gasteiger partial charge in [-0.25, -0.2) is 9.97 Å². The van der Waals surface area contributed by atoms with Gasteiger partial charge >= 0.3 is 0 Å². The molecule has 0 radical (unpaired) electrons. The van der Waals surface area contributed by atoms with Crippen LogP contribution in [0, 0.1) is 0 Å². The van der Waals surface area contributed by atoms with Crippen LogP contribution in [0.5, 0.6) is 0 Å². The van der Waals surface area contributed by atoms with Gasteiger partial charge in [0.1, 0.15) is 11.6 Å². The highest BCUT2D eigenvalue weighted by Crippen LogP contribution is 2.23. The van der Waals surface area contributed by atoms with Crippen LogP contribution in [-0.2, 0) is 6.42 Å². The third kappa shape index (κ3) is 2.07. The molecule has 0 aliphatic rings. The van der Waals surface area contributed by atoms with Gasteiger partial charge in [-0.05, 0) is 24.3 Å². The number of aromatic nitrogens is 3. The molecule has 3 aromatic heterocycles. The standard InChI is InChI=1S/C14H16N4O/c1-4-9-5-7-11(19-9)14-15-10-6-8-12(18(2)3)16-13(10)17-14/h5-8H,4H2,1-3H3,(H,15,16,17). The monoisotopic (exact) mass is 256 g/mol. The lowest BCUT2D eigenvalue weighted by molar-refractivity contribution is 0.526. The van der Waals surface area contributed by atoms with Gasteiger partial charge in [-0.2, -0.15) is 0 Å². The van der Waals surface area contributed by atoms with E-state index in [1.807, 2.05) is 43.3 Å². The first kappa shape index (κ1) is 11.8. The van der Waals surface area contributed by atoms with Crippen LogP contribution in [0.15, 0.2) is 28.7 Å². The van der Waals surface area contributed by atoms with E-state index in [-0.39, 0.29) is 0 Å². The van der Waals surface area contributed by atoms with Gasteiger partial charge < -0.3 is 14.3 Å². The van der Waals surface area contributed by atoms with Crippen LogP contribution < -0.4 is 4.90 Å². The zero-order valence-electron chi connectivity index (χ0n) is 11.3. The van der Waals surface area contributed by atoms with Crippen molar-refractivity contribution in [2.24, 2.45) is 0 Å². The number of H-pyrrole nitrogens is 1. The molecule has 0 aliphatic heterocycles. The van der Waals surface area contributed by atoms with Crippen molar-refractivity contribution in [3.05, 3.63) is 30.0 Å². The second-order valence-corrected chi connectivity index (χ2v) is 4.64. The third-order valence-corrected chi connectivity index (χ3v) is 3.03. The van der Waals surface area contributed by atoms with Crippen LogP contribution in [0.25, 0.3) is 22.7 Å². The average molecular weight is 256 g/mol. The summed E-state index contributed by atoms with van der Waals surface area (Å²) in [6.07, 6.45) is 0.878. The van der Waals surface area contributed by atoms with Crippen molar-refractivity contribution in [1.82, 2.24) is 15.0 Å². The Kier molecular flexibility index (Phi) is 2.74. The first-order chi connectivity index (χ1) is 9.17. The maximum Gasteiger partial charge on any atom is 0.180 e. The summed E-state index contributed by atoms with van der Waals surface area (Å²) in [6.45, 7) is 2.06. The summed E-state index contributed by atoms with van der Waals surface area (Å²) >= 11 is 0. The van der Waals surface area contributed by atoms with Gasteiger partial charge in [0.2, 0.25) is 0 Å². The van der Waals surface area contributed by atoms with Crippen molar-refractivity contribution < 1.29 is 4.42 Å². The lowest BCUT2D eigenvalue weighted by atomic mass is 10.3. The predicted octanol–water partition coefficient (Wildman–Crippen LogP) is 2.85. The number of hydrogen-bond donors (Lipinski definition) is 1. The minimum atomic E-state index is 0.704. The van der Waals surface area contributed by atoms with Crippen LogP contribution in [0.2, 0.25) is 0 Å². The SMILES string of the molecule is CCc1ccc(-c2nc3nc(N(C)C)ccc3[nH]2)o1. The molecule has 3 rings (SSSR count). The summed E-state index contributed by atoms with van der Waals surface area (Å²) < 4.78 is 5.69. The molecule has 19 heavy (non-hydrogen) atoms. The number of pyridine rings is 1. The smallest absolute Gasteiger partial charge is 0.180 e. The van der Waals surface area contributed by atoms with Crippen molar-refractivity contribution in [3.63, 3.8) is 0 Å². The Morgan fingerprint density at radius 1 is 1.16 bits per heavy atom. The lowest BCUT2D eigenvalue weighted by Crippen LogP contribution is -2.10. The number of aromatic amines is 1. The number of fused-ring (bicyclic) bond motifs is 1. The summed E-state index contributed by atoms with van der Waals surface area (Å²) in [5, 5.41) is 0. The second kappa shape index (κ2) is 4.42. The molecule has 0 unspecified atom stereocenters. The molecule has 0 atom stereocenters. The van der Waals surface area contributed by atoms with E-state index >= 15 is 0 Å². The van der Waals surface area contributed by atoms with Crippen molar-refractivity contribution in [1.29, 1.82) is 0 Å². The van der Waals surface area contributed by atoms with Gasteiger partial charge in [0, 0.05) is 20.5 Å². The fraction of sp³-hybridized carbons (Fsp3) is 0.286. The van der Waals surface area contributed by atoms with Gasteiger partial charge in [0.15, 0.2) is 17.2 Å². The average Bonchev–Trinajstić information content (AvgIpc) is 3.03. The number of aryl methyl sites for hydroxylation is 1. The Morgan fingerprint density at radius 3 is 2.68 bits per heavy atom. The maximum absolute atomic E-state index is 5.69.